The van der Waals surface area contributed by atoms with E-state index in [-0.39, 0.29) is 4.70 Å². The van der Waals surface area contributed by atoms with Crippen molar-refractivity contribution in [2.24, 2.45) is 0 Å². The highest BCUT2D eigenvalue weighted by Gasteiger charge is 2.38. The van der Waals surface area contributed by atoms with Gasteiger partial charge in [-0.25, -0.2) is 0 Å². The van der Waals surface area contributed by atoms with Crippen LogP contribution in [-0.4, -0.2) is 28.6 Å². The first-order chi connectivity index (χ1) is 7.74. The van der Waals surface area contributed by atoms with E-state index in [1.165, 1.54) is 19.3 Å². The molecule has 0 aromatic carbocycles. The van der Waals surface area contributed by atoms with E-state index in [4.69, 9.17) is 13.3 Å². The van der Waals surface area contributed by atoms with Crippen molar-refractivity contribution < 1.29 is 18.0 Å². The molecule has 0 heterocycles. The Morgan fingerprint density at radius 3 is 1.76 bits per heavy atom. The van der Waals surface area contributed by atoms with Crippen LogP contribution in [0, 0.1) is 0 Å². The molecule has 0 N–H and O–H groups in total. The van der Waals surface area contributed by atoms with Crippen LogP contribution in [0.4, 0.5) is 4.70 Å². The van der Waals surface area contributed by atoms with Gasteiger partial charge in [-0.3, -0.25) is 4.70 Å². The molecule has 0 spiro atoms. The fraction of sp³-hybridized carbons (Fsp3) is 1.00. The van der Waals surface area contributed by atoms with Crippen molar-refractivity contribution in [1.82, 2.24) is 0 Å². The van der Waals surface area contributed by atoms with Gasteiger partial charge < -0.3 is 13.3 Å². The van der Waals surface area contributed by atoms with Gasteiger partial charge in [-0.15, -0.1) is 0 Å². The standard InChI is InChI=1S/C12H28O3Si.FH/c1-5-9-10-11-12-15-16(8-4,13-6-2)14-7-3;/h5-12H2,1-4H3;1H. The fourth-order valence-electron chi connectivity index (χ4n) is 1.63. The highest BCUT2D eigenvalue weighted by molar-refractivity contribution is 6.60. The van der Waals surface area contributed by atoms with Crippen molar-refractivity contribution in [3.63, 3.8) is 0 Å². The normalized spacial score (nSPS) is 11.3. The zero-order valence-corrected chi connectivity index (χ0v) is 12.8. The van der Waals surface area contributed by atoms with Crippen LogP contribution in [-0.2, 0) is 13.3 Å². The minimum absolute atomic E-state index is 0. The third-order valence-corrected chi connectivity index (χ3v) is 5.45. The van der Waals surface area contributed by atoms with Crippen LogP contribution >= 0.6 is 0 Å². The summed E-state index contributed by atoms with van der Waals surface area (Å²) in [5, 5.41) is 0. The number of halogens is 1. The largest absolute Gasteiger partial charge is 0.500 e. The summed E-state index contributed by atoms with van der Waals surface area (Å²) in [4.78, 5) is 0. The smallest absolute Gasteiger partial charge is 0.374 e. The van der Waals surface area contributed by atoms with Crippen molar-refractivity contribution in [2.75, 3.05) is 19.8 Å². The summed E-state index contributed by atoms with van der Waals surface area (Å²) in [5.74, 6) is 0. The molecule has 0 saturated heterocycles. The predicted octanol–water partition coefficient (Wildman–Crippen LogP) is 3.77. The van der Waals surface area contributed by atoms with Gasteiger partial charge in [0.05, 0.1) is 0 Å². The van der Waals surface area contributed by atoms with Gasteiger partial charge in [0.2, 0.25) is 0 Å². The maximum absolute atomic E-state index is 5.90. The Labute approximate surface area is 107 Å². The molecule has 3 nitrogen and oxygen atoms in total. The third-order valence-electron chi connectivity index (χ3n) is 2.48. The Hall–Kier alpha value is 0.0269. The third kappa shape index (κ3) is 8.71. The van der Waals surface area contributed by atoms with Crippen molar-refractivity contribution in [3.8, 4) is 0 Å². The molecular weight excluding hydrogens is 239 g/mol. The average Bonchev–Trinajstić information content (AvgIpc) is 2.29. The lowest BCUT2D eigenvalue weighted by molar-refractivity contribution is 0.0669. The molecule has 0 bridgehead atoms. The van der Waals surface area contributed by atoms with Crippen LogP contribution in [0.3, 0.4) is 0 Å². The lowest BCUT2D eigenvalue weighted by Gasteiger charge is -2.27. The zero-order valence-electron chi connectivity index (χ0n) is 11.8. The fourth-order valence-corrected chi connectivity index (χ4v) is 3.82. The van der Waals surface area contributed by atoms with Crippen molar-refractivity contribution in [3.05, 3.63) is 0 Å². The van der Waals surface area contributed by atoms with Gasteiger partial charge in [0.15, 0.2) is 0 Å². The minimum Gasteiger partial charge on any atom is -0.374 e. The van der Waals surface area contributed by atoms with E-state index in [1.54, 1.807) is 0 Å². The zero-order chi connectivity index (χ0) is 12.3. The summed E-state index contributed by atoms with van der Waals surface area (Å²) in [5.41, 5.74) is 0. The van der Waals surface area contributed by atoms with E-state index in [0.29, 0.717) is 13.2 Å². The van der Waals surface area contributed by atoms with Gasteiger partial charge in [0.25, 0.3) is 0 Å². The van der Waals surface area contributed by atoms with Gasteiger partial charge in [-0.05, 0) is 20.3 Å². The number of rotatable bonds is 11. The first-order valence-corrected chi connectivity index (χ1v) is 8.59. The Balaban J connectivity index is 0. The predicted molar refractivity (Wildman–Crippen MR) is 72.1 cm³/mol. The van der Waals surface area contributed by atoms with E-state index in [0.717, 1.165) is 19.1 Å². The molecule has 0 radical (unpaired) electrons. The molecule has 0 amide bonds. The molecule has 0 aliphatic rings. The molecule has 17 heavy (non-hydrogen) atoms. The van der Waals surface area contributed by atoms with Crippen LogP contribution in [0.15, 0.2) is 0 Å². The summed E-state index contributed by atoms with van der Waals surface area (Å²) >= 11 is 0. The summed E-state index contributed by atoms with van der Waals surface area (Å²) in [6.07, 6.45) is 4.90. The van der Waals surface area contributed by atoms with E-state index in [1.807, 2.05) is 13.8 Å². The quantitative estimate of drug-likeness (QED) is 0.422. The molecule has 106 valence electrons. The molecule has 0 unspecified atom stereocenters. The van der Waals surface area contributed by atoms with Gasteiger partial charge in [-0.1, -0.05) is 33.1 Å². The topological polar surface area (TPSA) is 27.7 Å². The van der Waals surface area contributed by atoms with E-state index >= 15 is 0 Å². The summed E-state index contributed by atoms with van der Waals surface area (Å²) in [7, 11) is -2.33. The Kier molecular flexibility index (Phi) is 14.2. The molecule has 0 aliphatic heterocycles. The highest BCUT2D eigenvalue weighted by Crippen LogP contribution is 2.16. The minimum atomic E-state index is -2.33. The lowest BCUT2D eigenvalue weighted by Crippen LogP contribution is -2.45. The van der Waals surface area contributed by atoms with Crippen LogP contribution < -0.4 is 0 Å². The Morgan fingerprint density at radius 1 is 0.765 bits per heavy atom. The van der Waals surface area contributed by atoms with Crippen molar-refractivity contribution >= 4 is 8.80 Å². The second kappa shape index (κ2) is 12.5. The lowest BCUT2D eigenvalue weighted by atomic mass is 10.2. The second-order valence-electron chi connectivity index (χ2n) is 3.81. The molecule has 0 fully saturated rings. The monoisotopic (exact) mass is 268 g/mol. The number of hydrogen-bond acceptors (Lipinski definition) is 3. The van der Waals surface area contributed by atoms with Crippen LogP contribution in [0.1, 0.15) is 53.4 Å². The van der Waals surface area contributed by atoms with Crippen molar-refractivity contribution in [1.29, 1.82) is 0 Å². The molecule has 0 aromatic rings. The molecule has 0 atom stereocenters. The first-order valence-electron chi connectivity index (χ1n) is 6.66. The average molecular weight is 268 g/mol. The summed E-state index contributed by atoms with van der Waals surface area (Å²) in [6, 6.07) is 0.864. The SMILES string of the molecule is CCCCCCO[Si](CC)(OCC)OCC.F. The van der Waals surface area contributed by atoms with Gasteiger partial charge >= 0.3 is 8.80 Å². The van der Waals surface area contributed by atoms with Gasteiger partial charge in [0.1, 0.15) is 0 Å². The highest BCUT2D eigenvalue weighted by atomic mass is 28.4. The van der Waals surface area contributed by atoms with Crippen LogP contribution in [0.25, 0.3) is 0 Å². The molecule has 5 heteroatoms. The molecule has 0 saturated carbocycles. The molecule has 0 aliphatic carbocycles. The van der Waals surface area contributed by atoms with Gasteiger partial charge in [0, 0.05) is 25.9 Å². The maximum atomic E-state index is 5.90. The Bertz CT molecular complexity index is 153. The molecule has 0 rings (SSSR count). The summed E-state index contributed by atoms with van der Waals surface area (Å²) < 4.78 is 17.3. The van der Waals surface area contributed by atoms with Crippen molar-refractivity contribution in [2.45, 2.75) is 59.4 Å². The Morgan fingerprint density at radius 2 is 1.35 bits per heavy atom. The van der Waals surface area contributed by atoms with Gasteiger partial charge in [-0.2, -0.15) is 0 Å². The number of unbranched alkanes of at least 4 members (excludes halogenated alkanes) is 3. The van der Waals surface area contributed by atoms with E-state index in [2.05, 4.69) is 13.8 Å². The second-order valence-corrected chi connectivity index (χ2v) is 6.75. The summed E-state index contributed by atoms with van der Waals surface area (Å²) in [6.45, 7) is 10.4. The first kappa shape index (κ1) is 19.4. The van der Waals surface area contributed by atoms with Crippen LogP contribution in [0.5, 0.6) is 0 Å². The number of hydrogen-bond donors (Lipinski definition) is 0. The molecule has 0 aromatic heterocycles. The molecular formula is C12H29FO3Si. The van der Waals surface area contributed by atoms with E-state index < -0.39 is 8.80 Å². The van der Waals surface area contributed by atoms with E-state index in [9.17, 15) is 0 Å². The maximum Gasteiger partial charge on any atom is 0.500 e. The van der Waals surface area contributed by atoms with Crippen LogP contribution in [0.2, 0.25) is 6.04 Å².